The van der Waals surface area contributed by atoms with Gasteiger partial charge in [-0.25, -0.2) is 4.98 Å². The molecule has 6 nitrogen and oxygen atoms in total. The summed E-state index contributed by atoms with van der Waals surface area (Å²) in [5.74, 6) is 2.30. The van der Waals surface area contributed by atoms with Gasteiger partial charge in [-0.05, 0) is 44.4 Å². The predicted octanol–water partition coefficient (Wildman–Crippen LogP) is 3.75. The molecule has 0 amide bonds. The van der Waals surface area contributed by atoms with E-state index in [4.69, 9.17) is 15.5 Å². The Kier molecular flexibility index (Phi) is 5.26. The van der Waals surface area contributed by atoms with Gasteiger partial charge in [-0.3, -0.25) is 0 Å². The lowest BCUT2D eigenvalue weighted by atomic mass is 10.2. The number of aryl methyl sites for hydroxylation is 1. The molecule has 0 aliphatic carbocycles. The van der Waals surface area contributed by atoms with Crippen molar-refractivity contribution in [1.29, 1.82) is 0 Å². The van der Waals surface area contributed by atoms with Crippen LogP contribution in [0.5, 0.6) is 5.75 Å². The van der Waals surface area contributed by atoms with E-state index in [0.717, 1.165) is 42.3 Å². The molecule has 1 aromatic carbocycles. The highest BCUT2D eigenvalue weighted by Crippen LogP contribution is 2.30. The SMILES string of the molecule is CCCc1cc(N2CCC[C@H]2C)nc(Nc2cc(N)ccc2OC)n1. The molecule has 6 heteroatoms. The minimum absolute atomic E-state index is 0.513. The van der Waals surface area contributed by atoms with Gasteiger partial charge in [-0.2, -0.15) is 4.98 Å². The molecule has 1 atom stereocenters. The van der Waals surface area contributed by atoms with Gasteiger partial charge in [-0.1, -0.05) is 13.3 Å². The van der Waals surface area contributed by atoms with E-state index in [1.165, 1.54) is 12.8 Å². The second-order valence-electron chi connectivity index (χ2n) is 6.56. The van der Waals surface area contributed by atoms with Crippen molar-refractivity contribution in [3.63, 3.8) is 0 Å². The summed E-state index contributed by atoms with van der Waals surface area (Å²) >= 11 is 0. The number of aromatic nitrogens is 2. The number of methoxy groups -OCH3 is 1. The normalized spacial score (nSPS) is 16.9. The first-order valence-corrected chi connectivity index (χ1v) is 8.96. The third kappa shape index (κ3) is 3.95. The number of rotatable bonds is 6. The van der Waals surface area contributed by atoms with Crippen LogP contribution in [0.15, 0.2) is 24.3 Å². The Morgan fingerprint density at radius 2 is 2.16 bits per heavy atom. The van der Waals surface area contributed by atoms with Crippen molar-refractivity contribution < 1.29 is 4.74 Å². The molecule has 0 unspecified atom stereocenters. The first-order chi connectivity index (χ1) is 12.1. The topological polar surface area (TPSA) is 76.3 Å². The molecule has 134 valence electrons. The van der Waals surface area contributed by atoms with Gasteiger partial charge in [0.1, 0.15) is 11.6 Å². The van der Waals surface area contributed by atoms with Gasteiger partial charge in [0.15, 0.2) is 0 Å². The van der Waals surface area contributed by atoms with E-state index in [1.807, 2.05) is 18.2 Å². The highest BCUT2D eigenvalue weighted by Gasteiger charge is 2.22. The fourth-order valence-corrected chi connectivity index (χ4v) is 3.29. The summed E-state index contributed by atoms with van der Waals surface area (Å²) in [5, 5.41) is 3.29. The van der Waals surface area contributed by atoms with Gasteiger partial charge in [0.05, 0.1) is 12.8 Å². The van der Waals surface area contributed by atoms with E-state index < -0.39 is 0 Å². The molecule has 1 saturated heterocycles. The third-order valence-corrected chi connectivity index (χ3v) is 4.59. The zero-order valence-electron chi connectivity index (χ0n) is 15.2. The van der Waals surface area contributed by atoms with Gasteiger partial charge in [0, 0.05) is 30.0 Å². The van der Waals surface area contributed by atoms with Crippen LogP contribution in [0.25, 0.3) is 0 Å². The summed E-state index contributed by atoms with van der Waals surface area (Å²) < 4.78 is 5.41. The van der Waals surface area contributed by atoms with Gasteiger partial charge in [0.25, 0.3) is 0 Å². The van der Waals surface area contributed by atoms with Gasteiger partial charge in [-0.15, -0.1) is 0 Å². The first kappa shape index (κ1) is 17.3. The van der Waals surface area contributed by atoms with E-state index >= 15 is 0 Å². The Hall–Kier alpha value is -2.50. The van der Waals surface area contributed by atoms with Gasteiger partial charge < -0.3 is 20.7 Å². The van der Waals surface area contributed by atoms with Crippen LogP contribution in [-0.2, 0) is 6.42 Å². The van der Waals surface area contributed by atoms with Gasteiger partial charge in [0.2, 0.25) is 5.95 Å². The maximum Gasteiger partial charge on any atom is 0.229 e. The molecule has 2 aromatic rings. The molecule has 1 aliphatic heterocycles. The zero-order valence-corrected chi connectivity index (χ0v) is 15.2. The van der Waals surface area contributed by atoms with Crippen molar-refractivity contribution in [3.8, 4) is 5.75 Å². The van der Waals surface area contributed by atoms with Crippen LogP contribution in [0.2, 0.25) is 0 Å². The van der Waals surface area contributed by atoms with Crippen molar-refractivity contribution >= 4 is 23.1 Å². The van der Waals surface area contributed by atoms with E-state index in [9.17, 15) is 0 Å². The molecule has 0 bridgehead atoms. The summed E-state index contributed by atoms with van der Waals surface area (Å²) in [6, 6.07) is 8.13. The van der Waals surface area contributed by atoms with Crippen LogP contribution in [0, 0.1) is 0 Å². The second-order valence-corrected chi connectivity index (χ2v) is 6.56. The molecule has 3 N–H and O–H groups in total. The summed E-state index contributed by atoms with van der Waals surface area (Å²) in [4.78, 5) is 11.8. The Labute approximate surface area is 149 Å². The summed E-state index contributed by atoms with van der Waals surface area (Å²) in [5.41, 5.74) is 8.41. The molecule has 0 spiro atoms. The maximum atomic E-state index is 5.92. The predicted molar refractivity (Wildman–Crippen MR) is 103 cm³/mol. The molecule has 3 rings (SSSR count). The lowest BCUT2D eigenvalue weighted by molar-refractivity contribution is 0.417. The van der Waals surface area contributed by atoms with Crippen molar-refractivity contribution in [2.75, 3.05) is 29.6 Å². The third-order valence-electron chi connectivity index (χ3n) is 4.59. The van der Waals surface area contributed by atoms with Gasteiger partial charge >= 0.3 is 0 Å². The number of nitrogens with one attached hydrogen (secondary N) is 1. The van der Waals surface area contributed by atoms with E-state index in [1.54, 1.807) is 7.11 Å². The minimum Gasteiger partial charge on any atom is -0.495 e. The van der Waals surface area contributed by atoms with E-state index in [-0.39, 0.29) is 0 Å². The number of benzene rings is 1. The van der Waals surface area contributed by atoms with E-state index in [0.29, 0.717) is 17.7 Å². The molecule has 0 radical (unpaired) electrons. The Bertz CT molecular complexity index is 734. The number of hydrogen-bond donors (Lipinski definition) is 2. The van der Waals surface area contributed by atoms with Crippen LogP contribution >= 0.6 is 0 Å². The van der Waals surface area contributed by atoms with Crippen LogP contribution in [-0.4, -0.2) is 29.7 Å². The lowest BCUT2D eigenvalue weighted by Crippen LogP contribution is -2.27. The maximum absolute atomic E-state index is 5.92. The highest BCUT2D eigenvalue weighted by atomic mass is 16.5. The Morgan fingerprint density at radius 3 is 2.84 bits per heavy atom. The van der Waals surface area contributed by atoms with Crippen molar-refractivity contribution in [2.45, 2.75) is 45.6 Å². The molecule has 2 heterocycles. The van der Waals surface area contributed by atoms with Crippen LogP contribution in [0.4, 0.5) is 23.1 Å². The van der Waals surface area contributed by atoms with Crippen LogP contribution in [0.3, 0.4) is 0 Å². The summed E-state index contributed by atoms with van der Waals surface area (Å²) in [7, 11) is 1.64. The second kappa shape index (κ2) is 7.59. The Balaban J connectivity index is 1.95. The zero-order chi connectivity index (χ0) is 17.8. The molecule has 1 aliphatic rings. The molecular formula is C19H27N5O. The Morgan fingerprint density at radius 1 is 1.32 bits per heavy atom. The largest absolute Gasteiger partial charge is 0.495 e. The fraction of sp³-hybridized carbons (Fsp3) is 0.474. The van der Waals surface area contributed by atoms with E-state index in [2.05, 4.69) is 35.1 Å². The fourth-order valence-electron chi connectivity index (χ4n) is 3.29. The van der Waals surface area contributed by atoms with Crippen molar-refractivity contribution in [1.82, 2.24) is 9.97 Å². The summed E-state index contributed by atoms with van der Waals surface area (Å²) in [6.45, 7) is 5.46. The lowest BCUT2D eigenvalue weighted by Gasteiger charge is -2.23. The monoisotopic (exact) mass is 341 g/mol. The smallest absolute Gasteiger partial charge is 0.229 e. The number of nitrogens with zero attached hydrogens (tertiary/aromatic N) is 3. The highest BCUT2D eigenvalue weighted by molar-refractivity contribution is 5.68. The standard InChI is InChI=1S/C19H27N5O/c1-4-6-15-12-18(24-10-5-7-13(24)2)23-19(21-15)22-16-11-14(20)8-9-17(16)25-3/h8-9,11-13H,4-7,10,20H2,1-3H3,(H,21,22,23)/t13-/m1/s1. The van der Waals surface area contributed by atoms with Crippen LogP contribution < -0.4 is 20.7 Å². The average molecular weight is 341 g/mol. The molecule has 1 aromatic heterocycles. The number of ether oxygens (including phenoxy) is 1. The summed E-state index contributed by atoms with van der Waals surface area (Å²) in [6.07, 6.45) is 4.40. The van der Waals surface area contributed by atoms with Crippen molar-refractivity contribution in [2.24, 2.45) is 0 Å². The molecule has 1 fully saturated rings. The molecule has 0 saturated carbocycles. The van der Waals surface area contributed by atoms with Crippen LogP contribution in [0.1, 0.15) is 38.8 Å². The molecular weight excluding hydrogens is 314 g/mol. The minimum atomic E-state index is 0.513. The number of anilines is 4. The first-order valence-electron chi connectivity index (χ1n) is 8.96. The number of nitrogen functional groups attached to an aromatic ring is 1. The quantitative estimate of drug-likeness (QED) is 0.779. The average Bonchev–Trinajstić information content (AvgIpc) is 3.01. The number of nitrogens with two attached hydrogens (primary N) is 1. The number of hydrogen-bond acceptors (Lipinski definition) is 6. The molecule has 25 heavy (non-hydrogen) atoms. The van der Waals surface area contributed by atoms with Crippen molar-refractivity contribution in [3.05, 3.63) is 30.0 Å².